The largest absolute Gasteiger partial charge is 0.494 e. The van der Waals surface area contributed by atoms with E-state index in [0.29, 0.717) is 25.6 Å². The normalized spacial score (nSPS) is 20.7. The average Bonchev–Trinajstić information content (AvgIpc) is 2.81. The Morgan fingerprint density at radius 3 is 2.46 bits per heavy atom. The van der Waals surface area contributed by atoms with E-state index >= 15 is 0 Å². The van der Waals surface area contributed by atoms with Crippen molar-refractivity contribution in [2.75, 3.05) is 37.9 Å². The maximum atomic E-state index is 13.3. The molecule has 1 aromatic rings. The molecule has 208 valence electrons. The number of ether oxygens (including phenoxy) is 2. The molecule has 37 heavy (non-hydrogen) atoms. The molecule has 0 spiro atoms. The van der Waals surface area contributed by atoms with E-state index in [1.807, 2.05) is 38.1 Å². The van der Waals surface area contributed by atoms with Crippen molar-refractivity contribution in [2.24, 2.45) is 23.5 Å². The highest BCUT2D eigenvalue weighted by molar-refractivity contribution is 7.91. The molecule has 1 amide bonds. The first-order chi connectivity index (χ1) is 17.5. The highest BCUT2D eigenvalue weighted by atomic mass is 32.2. The zero-order chi connectivity index (χ0) is 27.4. The molecule has 0 radical (unpaired) electrons. The van der Waals surface area contributed by atoms with Gasteiger partial charge < -0.3 is 25.6 Å². The van der Waals surface area contributed by atoms with Crippen molar-refractivity contribution < 1.29 is 37.4 Å². The van der Waals surface area contributed by atoms with Gasteiger partial charge in [-0.3, -0.25) is 14.4 Å². The van der Waals surface area contributed by atoms with Crippen LogP contribution >= 0.6 is 0 Å². The smallest absolute Gasteiger partial charge is 0.307 e. The second-order valence-corrected chi connectivity index (χ2v) is 12.1. The van der Waals surface area contributed by atoms with Crippen molar-refractivity contribution in [3.05, 3.63) is 29.8 Å². The molecule has 2 aliphatic heterocycles. The first-order valence-corrected chi connectivity index (χ1v) is 14.6. The Morgan fingerprint density at radius 1 is 1.16 bits per heavy atom. The van der Waals surface area contributed by atoms with Crippen LogP contribution in [0.5, 0.6) is 5.75 Å². The van der Waals surface area contributed by atoms with Crippen LogP contribution in [0.4, 0.5) is 0 Å². The third-order valence-corrected chi connectivity index (χ3v) is 8.11. The summed E-state index contributed by atoms with van der Waals surface area (Å²) >= 11 is 0. The van der Waals surface area contributed by atoms with Crippen LogP contribution in [0.25, 0.3) is 0 Å². The number of ketones is 1. The van der Waals surface area contributed by atoms with Crippen molar-refractivity contribution in [1.82, 2.24) is 5.32 Å². The third kappa shape index (κ3) is 11.2. The Balaban J connectivity index is 2.22. The molecule has 2 aliphatic rings. The second-order valence-electron chi connectivity index (χ2n) is 9.92. The number of carbonyl (C=O) groups excluding carboxylic acids is 2. The molecule has 1 aromatic carbocycles. The Morgan fingerprint density at radius 2 is 1.84 bits per heavy atom. The SMILES string of the molecule is CC(C)[C@H]1COCCCCOc2ccc(cc2)C[C@@H](CC(=O)C[C@@H](CS(=O)(=O)CCN)C(=O)O)C(=O)N1. The van der Waals surface area contributed by atoms with Crippen LogP contribution in [-0.2, 0) is 35.4 Å². The number of hydrogen-bond donors (Lipinski definition) is 3. The van der Waals surface area contributed by atoms with E-state index in [1.165, 1.54) is 0 Å². The van der Waals surface area contributed by atoms with Crippen LogP contribution in [0.1, 0.15) is 45.1 Å². The molecule has 2 bridgehead atoms. The van der Waals surface area contributed by atoms with E-state index in [4.69, 9.17) is 15.2 Å². The molecule has 10 nitrogen and oxygen atoms in total. The first kappa shape index (κ1) is 30.7. The van der Waals surface area contributed by atoms with Crippen LogP contribution in [0.2, 0.25) is 0 Å². The summed E-state index contributed by atoms with van der Waals surface area (Å²) in [4.78, 5) is 38.0. The summed E-state index contributed by atoms with van der Waals surface area (Å²) in [6, 6.07) is 7.05. The minimum absolute atomic E-state index is 0.0888. The lowest BCUT2D eigenvalue weighted by Gasteiger charge is -2.26. The topological polar surface area (TPSA) is 162 Å². The summed E-state index contributed by atoms with van der Waals surface area (Å²) in [7, 11) is -3.72. The minimum Gasteiger partial charge on any atom is -0.494 e. The fourth-order valence-electron chi connectivity index (χ4n) is 4.09. The Bertz CT molecular complexity index is 994. The van der Waals surface area contributed by atoms with Gasteiger partial charge in [-0.25, -0.2) is 8.42 Å². The number of aliphatic carboxylic acids is 1. The Kier molecular flexibility index (Phi) is 12.5. The number of amides is 1. The van der Waals surface area contributed by atoms with Gasteiger partial charge in [0.25, 0.3) is 0 Å². The number of fused-ring (bicyclic) bond motifs is 13. The Hall–Kier alpha value is -2.50. The lowest BCUT2D eigenvalue weighted by atomic mass is 9.90. The van der Waals surface area contributed by atoms with Crippen LogP contribution in [0.3, 0.4) is 0 Å². The Labute approximate surface area is 219 Å². The summed E-state index contributed by atoms with van der Waals surface area (Å²) in [5, 5.41) is 12.5. The number of carboxylic acids is 1. The van der Waals surface area contributed by atoms with Crippen molar-refractivity contribution >= 4 is 27.5 Å². The molecule has 3 rings (SSSR count). The lowest BCUT2D eigenvalue weighted by molar-refractivity contribution is -0.143. The number of Topliss-reactive ketones (excluding diaryl/α,β-unsaturated/α-hetero) is 1. The standard InChI is InChI=1S/C26H40N2O8S/c1-18(2)24-16-35-10-3-4-11-36-23-7-5-19(6-8-23)13-20(25(30)28-24)14-22(29)15-21(26(31)32)17-37(33,34)12-9-27/h5-8,18,20-21,24H,3-4,9-17,27H2,1-2H3,(H,28,30)(H,31,32)/t20-,21-,24+/m0/s1. The van der Waals surface area contributed by atoms with Crippen molar-refractivity contribution in [1.29, 1.82) is 0 Å². The molecule has 0 unspecified atom stereocenters. The van der Waals surface area contributed by atoms with E-state index in [-0.39, 0.29) is 43.0 Å². The second kappa shape index (κ2) is 15.0. The van der Waals surface area contributed by atoms with Gasteiger partial charge in [0.2, 0.25) is 5.91 Å². The molecule has 11 heteroatoms. The number of carbonyl (C=O) groups is 3. The monoisotopic (exact) mass is 540 g/mol. The average molecular weight is 541 g/mol. The number of nitrogens with one attached hydrogen (secondary N) is 1. The third-order valence-electron chi connectivity index (χ3n) is 6.34. The van der Waals surface area contributed by atoms with E-state index in [9.17, 15) is 27.9 Å². The number of sulfone groups is 1. The zero-order valence-electron chi connectivity index (χ0n) is 21.7. The van der Waals surface area contributed by atoms with Gasteiger partial charge in [0.15, 0.2) is 9.84 Å². The van der Waals surface area contributed by atoms with Crippen LogP contribution < -0.4 is 15.8 Å². The first-order valence-electron chi connectivity index (χ1n) is 12.8. The summed E-state index contributed by atoms with van der Waals surface area (Å²) in [6.45, 7) is 5.24. The van der Waals surface area contributed by atoms with Crippen LogP contribution in [0.15, 0.2) is 24.3 Å². The fraction of sp³-hybridized carbons (Fsp3) is 0.654. The summed E-state index contributed by atoms with van der Waals surface area (Å²) in [6.07, 6.45) is 1.23. The molecular formula is C26H40N2O8S. The lowest BCUT2D eigenvalue weighted by Crippen LogP contribution is -2.45. The number of hydrogen-bond acceptors (Lipinski definition) is 8. The van der Waals surface area contributed by atoms with E-state index in [1.54, 1.807) is 0 Å². The van der Waals surface area contributed by atoms with Gasteiger partial charge in [0, 0.05) is 31.9 Å². The maximum Gasteiger partial charge on any atom is 0.307 e. The quantitative estimate of drug-likeness (QED) is 0.400. The van der Waals surface area contributed by atoms with Gasteiger partial charge in [0.05, 0.1) is 36.7 Å². The van der Waals surface area contributed by atoms with Crippen LogP contribution in [-0.4, -0.2) is 75.1 Å². The van der Waals surface area contributed by atoms with Crippen molar-refractivity contribution in [3.8, 4) is 5.75 Å². The highest BCUT2D eigenvalue weighted by Gasteiger charge is 2.31. The summed E-state index contributed by atoms with van der Waals surface area (Å²) in [5.74, 6) is -4.57. The molecule has 0 saturated heterocycles. The van der Waals surface area contributed by atoms with Gasteiger partial charge in [-0.15, -0.1) is 0 Å². The number of benzene rings is 1. The molecular weight excluding hydrogens is 500 g/mol. The molecule has 4 N–H and O–H groups in total. The van der Waals surface area contributed by atoms with E-state index < -0.39 is 45.6 Å². The zero-order valence-corrected chi connectivity index (χ0v) is 22.5. The van der Waals surface area contributed by atoms with E-state index in [0.717, 1.165) is 18.4 Å². The van der Waals surface area contributed by atoms with Gasteiger partial charge in [0.1, 0.15) is 11.5 Å². The molecule has 0 saturated carbocycles. The van der Waals surface area contributed by atoms with Crippen LogP contribution in [0, 0.1) is 17.8 Å². The summed E-state index contributed by atoms with van der Waals surface area (Å²) < 4.78 is 35.7. The van der Waals surface area contributed by atoms with Gasteiger partial charge in [-0.1, -0.05) is 26.0 Å². The summed E-state index contributed by atoms with van der Waals surface area (Å²) in [5.41, 5.74) is 6.13. The molecule has 0 aromatic heterocycles. The van der Waals surface area contributed by atoms with Crippen molar-refractivity contribution in [3.63, 3.8) is 0 Å². The maximum absolute atomic E-state index is 13.3. The fourth-order valence-corrected chi connectivity index (χ4v) is 5.49. The predicted molar refractivity (Wildman–Crippen MR) is 139 cm³/mol. The number of rotatable bonds is 10. The number of carboxylic acid groups (broad SMARTS) is 1. The van der Waals surface area contributed by atoms with Gasteiger partial charge in [-0.2, -0.15) is 0 Å². The van der Waals surface area contributed by atoms with Gasteiger partial charge in [-0.05, 0) is 42.9 Å². The minimum atomic E-state index is -3.72. The molecule has 0 fully saturated rings. The number of nitrogens with two attached hydrogens (primary N) is 1. The molecule has 3 atom stereocenters. The molecule has 0 aliphatic carbocycles. The predicted octanol–water partition coefficient (Wildman–Crippen LogP) is 1.60. The van der Waals surface area contributed by atoms with Crippen molar-refractivity contribution in [2.45, 2.75) is 52.0 Å². The van der Waals surface area contributed by atoms with E-state index in [2.05, 4.69) is 5.32 Å². The molecule has 2 heterocycles. The van der Waals surface area contributed by atoms with Gasteiger partial charge >= 0.3 is 5.97 Å². The highest BCUT2D eigenvalue weighted by Crippen LogP contribution is 2.21.